The number of nitrogens with zero attached hydrogens (tertiary/aromatic N) is 4. The number of aromatic amines is 1. The fourth-order valence-electron chi connectivity index (χ4n) is 4.69. The Morgan fingerprint density at radius 1 is 0.897 bits per heavy atom. The summed E-state index contributed by atoms with van der Waals surface area (Å²) in [7, 11) is -4.34. The Labute approximate surface area is 218 Å². The highest BCUT2D eigenvalue weighted by Gasteiger charge is 2.47. The van der Waals surface area contributed by atoms with Gasteiger partial charge in [-0.1, -0.05) is 12.1 Å². The maximum atomic E-state index is 13.5. The Hall–Kier alpha value is -3.46. The molecule has 2 aromatic carbocycles. The van der Waals surface area contributed by atoms with Crippen molar-refractivity contribution in [2.45, 2.75) is 29.6 Å². The van der Waals surface area contributed by atoms with Gasteiger partial charge in [0.25, 0.3) is 0 Å². The summed E-state index contributed by atoms with van der Waals surface area (Å²) in [6.07, 6.45) is -7.62. The highest BCUT2D eigenvalue weighted by molar-refractivity contribution is 7.89. The van der Waals surface area contributed by atoms with Crippen LogP contribution in [0.3, 0.4) is 0 Å². The third kappa shape index (κ3) is 5.50. The van der Waals surface area contributed by atoms with Crippen LogP contribution in [-0.4, -0.2) is 65.1 Å². The predicted octanol–water partition coefficient (Wildman–Crippen LogP) is 4.15. The molecule has 5 rings (SSSR count). The number of amides is 1. The van der Waals surface area contributed by atoms with Gasteiger partial charge in [-0.15, -0.1) is 0 Å². The molecule has 39 heavy (non-hydrogen) atoms. The number of nitrogens with one attached hydrogen (secondary N) is 1. The molecule has 1 N–H and O–H groups in total. The van der Waals surface area contributed by atoms with E-state index < -0.39 is 44.3 Å². The lowest BCUT2D eigenvalue weighted by Crippen LogP contribution is -2.51. The second kappa shape index (κ2) is 9.62. The number of carbonyl (C=O) groups is 1. The van der Waals surface area contributed by atoms with E-state index >= 15 is 0 Å². The summed E-state index contributed by atoms with van der Waals surface area (Å²) in [5.74, 6) is -0.871. The average Bonchev–Trinajstić information content (AvgIpc) is 3.50. The Bertz CT molecular complexity index is 1470. The van der Waals surface area contributed by atoms with Crippen LogP contribution in [0.4, 0.5) is 26.3 Å². The highest BCUT2D eigenvalue weighted by atomic mass is 32.2. The first-order valence-corrected chi connectivity index (χ1v) is 13.2. The molecule has 1 saturated heterocycles. The number of halogens is 6. The van der Waals surface area contributed by atoms with Crippen LogP contribution in [-0.2, 0) is 27.2 Å². The fourth-order valence-corrected chi connectivity index (χ4v) is 6.18. The maximum Gasteiger partial charge on any atom is 0.416 e. The topological polar surface area (TPSA) is 99.3 Å². The number of sulfonamides is 1. The molecule has 0 bridgehead atoms. The first-order chi connectivity index (χ1) is 18.2. The number of carbonyl (C=O) groups excluding carboxylic acids is 1. The van der Waals surface area contributed by atoms with Crippen molar-refractivity contribution in [2.24, 2.45) is 5.92 Å². The van der Waals surface area contributed by atoms with Gasteiger partial charge in [-0.05, 0) is 48.2 Å². The van der Waals surface area contributed by atoms with Gasteiger partial charge in [-0.3, -0.25) is 4.79 Å². The number of aromatic nitrogens is 3. The van der Waals surface area contributed by atoms with Crippen molar-refractivity contribution in [3.63, 3.8) is 0 Å². The predicted molar refractivity (Wildman–Crippen MR) is 124 cm³/mol. The van der Waals surface area contributed by atoms with Crippen LogP contribution in [0.15, 0.2) is 53.6 Å². The lowest BCUT2D eigenvalue weighted by molar-refractivity contribution is -0.138. The third-order valence-corrected chi connectivity index (χ3v) is 8.78. The van der Waals surface area contributed by atoms with E-state index in [1.165, 1.54) is 23.2 Å². The number of benzene rings is 2. The molecule has 1 aliphatic heterocycles. The molecule has 208 valence electrons. The van der Waals surface area contributed by atoms with E-state index in [9.17, 15) is 39.6 Å². The molecule has 2 aliphatic rings. The minimum absolute atomic E-state index is 0.0312. The second-order valence-corrected chi connectivity index (χ2v) is 11.3. The van der Waals surface area contributed by atoms with Crippen LogP contribution in [0.25, 0.3) is 11.3 Å². The first-order valence-electron chi connectivity index (χ1n) is 11.8. The van der Waals surface area contributed by atoms with E-state index in [0.29, 0.717) is 18.1 Å². The van der Waals surface area contributed by atoms with Gasteiger partial charge in [-0.25, -0.2) is 8.42 Å². The number of alkyl halides is 6. The maximum absolute atomic E-state index is 13.5. The number of hydrogen-bond donors (Lipinski definition) is 1. The Morgan fingerprint density at radius 3 is 2.10 bits per heavy atom. The molecule has 2 unspecified atom stereocenters. The summed E-state index contributed by atoms with van der Waals surface area (Å²) in [6, 6.07) is 7.10. The van der Waals surface area contributed by atoms with Gasteiger partial charge in [0.15, 0.2) is 0 Å². The number of H-pyrrole nitrogens is 1. The van der Waals surface area contributed by atoms with E-state index in [1.807, 2.05) is 0 Å². The Morgan fingerprint density at radius 2 is 1.54 bits per heavy atom. The molecule has 0 spiro atoms. The van der Waals surface area contributed by atoms with E-state index in [-0.39, 0.29) is 49.3 Å². The van der Waals surface area contributed by atoms with E-state index in [1.54, 1.807) is 0 Å². The van der Waals surface area contributed by atoms with Crippen LogP contribution in [0.2, 0.25) is 0 Å². The van der Waals surface area contributed by atoms with Crippen molar-refractivity contribution in [3.8, 4) is 11.3 Å². The third-order valence-electron chi connectivity index (χ3n) is 6.91. The normalized spacial score (nSPS) is 20.7. The van der Waals surface area contributed by atoms with Crippen LogP contribution in [0.1, 0.15) is 29.0 Å². The summed E-state index contributed by atoms with van der Waals surface area (Å²) in [5.41, 5.74) is -1.34. The van der Waals surface area contributed by atoms with Crippen molar-refractivity contribution >= 4 is 15.9 Å². The lowest BCUT2D eigenvalue weighted by Gasteiger charge is -2.34. The molecule has 2 atom stereocenters. The van der Waals surface area contributed by atoms with Crippen LogP contribution in [0.5, 0.6) is 0 Å². The monoisotopic (exact) mass is 573 g/mol. The van der Waals surface area contributed by atoms with Gasteiger partial charge >= 0.3 is 12.4 Å². The number of piperazine rings is 1. The molecule has 3 aromatic rings. The van der Waals surface area contributed by atoms with Gasteiger partial charge in [-0.2, -0.15) is 46.1 Å². The van der Waals surface area contributed by atoms with E-state index in [2.05, 4.69) is 15.4 Å². The molecular formula is C24H21F6N5O3S. The zero-order valence-corrected chi connectivity index (χ0v) is 20.8. The van der Waals surface area contributed by atoms with E-state index in [0.717, 1.165) is 28.6 Å². The minimum atomic E-state index is -4.80. The molecule has 1 aromatic heterocycles. The Balaban J connectivity index is 1.26. The first kappa shape index (κ1) is 27.1. The van der Waals surface area contributed by atoms with Crippen LogP contribution in [0, 0.1) is 5.92 Å². The van der Waals surface area contributed by atoms with Gasteiger partial charge in [0, 0.05) is 37.7 Å². The number of hydrogen-bond acceptors (Lipinski definition) is 5. The van der Waals surface area contributed by atoms with Gasteiger partial charge < -0.3 is 4.90 Å². The molecule has 1 saturated carbocycles. The van der Waals surface area contributed by atoms with Gasteiger partial charge in [0.05, 0.1) is 22.2 Å². The van der Waals surface area contributed by atoms with Crippen molar-refractivity contribution in [3.05, 3.63) is 65.4 Å². The van der Waals surface area contributed by atoms with Crippen molar-refractivity contribution < 1.29 is 39.6 Å². The largest absolute Gasteiger partial charge is 0.416 e. The minimum Gasteiger partial charge on any atom is -0.340 e. The molecule has 15 heteroatoms. The SMILES string of the molecule is O=C(C1CC1c1ccc(C(F)(F)F)cc1)N1CCN(S(=O)(=O)c2cc(-c3cn[nH]n3)cc(C(F)(F)F)c2)CC1. The molecule has 8 nitrogen and oxygen atoms in total. The summed E-state index contributed by atoms with van der Waals surface area (Å²) < 4.78 is 107. The summed E-state index contributed by atoms with van der Waals surface area (Å²) in [4.78, 5) is 13.9. The van der Waals surface area contributed by atoms with Gasteiger partial charge in [0.1, 0.15) is 5.69 Å². The molecule has 1 amide bonds. The molecule has 2 fully saturated rings. The van der Waals surface area contributed by atoms with Crippen LogP contribution < -0.4 is 0 Å². The zero-order chi connectivity index (χ0) is 28.2. The van der Waals surface area contributed by atoms with Crippen molar-refractivity contribution in [2.75, 3.05) is 26.2 Å². The Kier molecular flexibility index (Phi) is 6.69. The molecular weight excluding hydrogens is 552 g/mol. The van der Waals surface area contributed by atoms with Crippen molar-refractivity contribution in [1.82, 2.24) is 24.6 Å². The summed E-state index contributed by atoms with van der Waals surface area (Å²) in [5, 5.41) is 9.56. The fraction of sp³-hybridized carbons (Fsp3) is 0.375. The summed E-state index contributed by atoms with van der Waals surface area (Å²) >= 11 is 0. The number of rotatable bonds is 5. The quantitative estimate of drug-likeness (QED) is 0.463. The zero-order valence-electron chi connectivity index (χ0n) is 20.0. The standard InChI is InChI=1S/C24H21F6N5O3S/c25-23(26,27)16-3-1-14(2-4-16)19-12-20(19)22(36)34-5-7-35(8-6-34)39(37,38)18-10-15(21-13-31-33-32-21)9-17(11-18)24(28,29)30/h1-4,9-11,13,19-20H,5-8,12H2,(H,31,32,33). The van der Waals surface area contributed by atoms with Crippen molar-refractivity contribution in [1.29, 1.82) is 0 Å². The molecule has 0 radical (unpaired) electrons. The molecule has 2 heterocycles. The van der Waals surface area contributed by atoms with Gasteiger partial charge in [0.2, 0.25) is 15.9 Å². The lowest BCUT2D eigenvalue weighted by atomic mass is 10.1. The molecule has 1 aliphatic carbocycles. The average molecular weight is 574 g/mol. The highest BCUT2D eigenvalue weighted by Crippen LogP contribution is 2.49. The second-order valence-electron chi connectivity index (χ2n) is 9.40. The summed E-state index contributed by atoms with van der Waals surface area (Å²) in [6.45, 7) is -0.185. The smallest absolute Gasteiger partial charge is 0.340 e. The van der Waals surface area contributed by atoms with Crippen LogP contribution >= 0.6 is 0 Å². The van der Waals surface area contributed by atoms with E-state index in [4.69, 9.17) is 0 Å².